The number of rotatable bonds is 3. The summed E-state index contributed by atoms with van der Waals surface area (Å²) in [5.74, 6) is -0.126. The maximum absolute atomic E-state index is 13.3. The van der Waals surface area contributed by atoms with Gasteiger partial charge in [-0.1, -0.05) is 0 Å². The standard InChI is InChI=1S/C22H22FN3O3S/c1-14-7-21-15(11-24-26(21)18-5-3-17(23)4-6-18)8-20(14)22-10-19(27)9-16(22)12-25(13-22)30(2,28)29/h3-8,11,16H,9-10,12-13H2,1-2H3. The molecule has 0 bridgehead atoms. The number of carbonyl (C=O) groups is 1. The van der Waals surface area contributed by atoms with Crippen LogP contribution in [-0.2, 0) is 20.2 Å². The molecule has 1 saturated carbocycles. The maximum Gasteiger partial charge on any atom is 0.211 e. The summed E-state index contributed by atoms with van der Waals surface area (Å²) in [6.07, 6.45) is 3.76. The number of sulfonamides is 1. The van der Waals surface area contributed by atoms with Crippen LogP contribution >= 0.6 is 0 Å². The number of hydrogen-bond donors (Lipinski definition) is 0. The quantitative estimate of drug-likeness (QED) is 0.644. The largest absolute Gasteiger partial charge is 0.300 e. The van der Waals surface area contributed by atoms with Crippen molar-refractivity contribution in [2.24, 2.45) is 5.92 Å². The third-order valence-electron chi connectivity index (χ3n) is 6.64. The van der Waals surface area contributed by atoms with E-state index in [2.05, 4.69) is 11.2 Å². The summed E-state index contributed by atoms with van der Waals surface area (Å²) in [5, 5.41) is 5.39. The fourth-order valence-electron chi connectivity index (χ4n) is 5.24. The zero-order valence-corrected chi connectivity index (χ0v) is 17.6. The Balaban J connectivity index is 1.63. The van der Waals surface area contributed by atoms with Gasteiger partial charge in [0.15, 0.2) is 0 Å². The number of carbonyl (C=O) groups excluding carboxylic acids is 1. The average molecular weight is 428 g/mol. The molecule has 2 aliphatic rings. The molecule has 2 fully saturated rings. The van der Waals surface area contributed by atoms with E-state index in [0.717, 1.165) is 27.7 Å². The van der Waals surface area contributed by atoms with Gasteiger partial charge in [0.25, 0.3) is 0 Å². The van der Waals surface area contributed by atoms with Crippen molar-refractivity contribution in [2.75, 3.05) is 19.3 Å². The predicted octanol–water partition coefficient (Wildman–Crippen LogP) is 2.97. The van der Waals surface area contributed by atoms with Crippen molar-refractivity contribution in [3.05, 3.63) is 59.5 Å². The number of benzene rings is 2. The molecule has 2 aromatic carbocycles. The molecule has 1 aromatic heterocycles. The van der Waals surface area contributed by atoms with Crippen LogP contribution in [0.5, 0.6) is 0 Å². The van der Waals surface area contributed by atoms with E-state index in [1.165, 1.54) is 22.7 Å². The summed E-state index contributed by atoms with van der Waals surface area (Å²) in [6, 6.07) is 10.2. The molecule has 2 unspecified atom stereocenters. The van der Waals surface area contributed by atoms with Crippen molar-refractivity contribution < 1.29 is 17.6 Å². The Labute approximate surface area is 174 Å². The van der Waals surface area contributed by atoms with Crippen LogP contribution in [0.3, 0.4) is 0 Å². The fourth-order valence-corrected chi connectivity index (χ4v) is 6.16. The lowest BCUT2D eigenvalue weighted by atomic mass is 9.72. The number of hydrogen-bond acceptors (Lipinski definition) is 4. The van der Waals surface area contributed by atoms with E-state index in [0.29, 0.717) is 25.9 Å². The maximum atomic E-state index is 13.3. The van der Waals surface area contributed by atoms with E-state index in [4.69, 9.17) is 0 Å². The summed E-state index contributed by atoms with van der Waals surface area (Å²) in [4.78, 5) is 12.4. The SMILES string of the molecule is Cc1cc2c(cnn2-c2ccc(F)cc2)cc1C12CC(=O)CC1CN(S(C)(=O)=O)C2. The lowest BCUT2D eigenvalue weighted by Gasteiger charge is -2.30. The fraction of sp³-hybridized carbons (Fsp3) is 0.364. The van der Waals surface area contributed by atoms with Crippen molar-refractivity contribution >= 4 is 26.7 Å². The van der Waals surface area contributed by atoms with E-state index >= 15 is 0 Å². The summed E-state index contributed by atoms with van der Waals surface area (Å²) in [5.41, 5.74) is 3.18. The minimum absolute atomic E-state index is 0.0111. The highest BCUT2D eigenvalue weighted by atomic mass is 32.2. The Morgan fingerprint density at radius 1 is 1.20 bits per heavy atom. The lowest BCUT2D eigenvalue weighted by Crippen LogP contribution is -2.35. The summed E-state index contributed by atoms with van der Waals surface area (Å²) in [7, 11) is -3.32. The first kappa shape index (κ1) is 19.4. The first-order chi connectivity index (χ1) is 14.2. The lowest BCUT2D eigenvalue weighted by molar-refractivity contribution is -0.118. The molecule has 2 heterocycles. The van der Waals surface area contributed by atoms with Gasteiger partial charge in [-0.3, -0.25) is 4.79 Å². The highest BCUT2D eigenvalue weighted by molar-refractivity contribution is 7.88. The van der Waals surface area contributed by atoms with Crippen LogP contribution in [0, 0.1) is 18.7 Å². The Kier molecular flexibility index (Phi) is 4.17. The van der Waals surface area contributed by atoms with Gasteiger partial charge in [-0.05, 0) is 60.4 Å². The van der Waals surface area contributed by atoms with Gasteiger partial charge < -0.3 is 0 Å². The molecule has 30 heavy (non-hydrogen) atoms. The van der Waals surface area contributed by atoms with Gasteiger partial charge in [0.2, 0.25) is 10.0 Å². The molecule has 8 heteroatoms. The van der Waals surface area contributed by atoms with Crippen molar-refractivity contribution in [3.8, 4) is 5.69 Å². The zero-order valence-electron chi connectivity index (χ0n) is 16.8. The van der Waals surface area contributed by atoms with E-state index in [-0.39, 0.29) is 17.5 Å². The van der Waals surface area contributed by atoms with E-state index in [9.17, 15) is 17.6 Å². The van der Waals surface area contributed by atoms with E-state index in [1.807, 2.05) is 13.0 Å². The summed E-state index contributed by atoms with van der Waals surface area (Å²) in [6.45, 7) is 2.71. The molecule has 1 aliphatic carbocycles. The summed E-state index contributed by atoms with van der Waals surface area (Å²) >= 11 is 0. The van der Waals surface area contributed by atoms with Crippen LogP contribution in [0.4, 0.5) is 4.39 Å². The molecule has 0 N–H and O–H groups in total. The molecule has 0 amide bonds. The molecule has 2 atom stereocenters. The number of Topliss-reactive ketones (excluding diaryl/α,β-unsaturated/α-hetero) is 1. The van der Waals surface area contributed by atoms with Crippen LogP contribution in [0.2, 0.25) is 0 Å². The molecular formula is C22H22FN3O3S. The Morgan fingerprint density at radius 2 is 1.93 bits per heavy atom. The first-order valence-corrected chi connectivity index (χ1v) is 11.7. The number of aromatic nitrogens is 2. The highest BCUT2D eigenvalue weighted by Crippen LogP contribution is 2.51. The van der Waals surface area contributed by atoms with E-state index < -0.39 is 15.4 Å². The van der Waals surface area contributed by atoms with E-state index in [1.54, 1.807) is 23.0 Å². The minimum atomic E-state index is -3.32. The molecule has 6 nitrogen and oxygen atoms in total. The third kappa shape index (κ3) is 2.89. The number of nitrogens with zero attached hydrogens (tertiary/aromatic N) is 3. The van der Waals surface area contributed by atoms with Crippen LogP contribution in [0.15, 0.2) is 42.6 Å². The first-order valence-electron chi connectivity index (χ1n) is 9.89. The molecule has 0 spiro atoms. The zero-order chi connectivity index (χ0) is 21.3. The van der Waals surface area contributed by atoms with Gasteiger partial charge in [-0.2, -0.15) is 5.10 Å². The predicted molar refractivity (Wildman–Crippen MR) is 112 cm³/mol. The second kappa shape index (κ2) is 6.46. The van der Waals surface area contributed by atoms with Crippen LogP contribution < -0.4 is 0 Å². The number of ketones is 1. The smallest absolute Gasteiger partial charge is 0.211 e. The molecule has 1 saturated heterocycles. The minimum Gasteiger partial charge on any atom is -0.300 e. The third-order valence-corrected chi connectivity index (χ3v) is 7.86. The average Bonchev–Trinajstić information content (AvgIpc) is 3.31. The molecule has 0 radical (unpaired) electrons. The molecular weight excluding hydrogens is 405 g/mol. The Bertz CT molecular complexity index is 1280. The van der Waals surface area contributed by atoms with Gasteiger partial charge in [-0.25, -0.2) is 21.8 Å². The van der Waals surface area contributed by atoms with Crippen molar-refractivity contribution in [1.82, 2.24) is 14.1 Å². The van der Waals surface area contributed by atoms with Crippen molar-refractivity contribution in [2.45, 2.75) is 25.2 Å². The van der Waals surface area contributed by atoms with Gasteiger partial charge in [0, 0.05) is 36.7 Å². The van der Waals surface area contributed by atoms with Gasteiger partial charge in [0.05, 0.1) is 23.7 Å². The molecule has 3 aromatic rings. The van der Waals surface area contributed by atoms with Crippen LogP contribution in [-0.4, -0.2) is 47.6 Å². The summed E-state index contributed by atoms with van der Waals surface area (Å²) < 4.78 is 41.0. The normalized spacial score (nSPS) is 24.6. The monoisotopic (exact) mass is 427 g/mol. The highest BCUT2D eigenvalue weighted by Gasteiger charge is 2.55. The molecule has 5 rings (SSSR count). The number of fused-ring (bicyclic) bond motifs is 2. The second-order valence-electron chi connectivity index (χ2n) is 8.59. The topological polar surface area (TPSA) is 72.3 Å². The van der Waals surface area contributed by atoms with Crippen LogP contribution in [0.1, 0.15) is 24.0 Å². The number of halogens is 1. The Hall–Kier alpha value is -2.58. The molecule has 1 aliphatic heterocycles. The number of aryl methyl sites for hydroxylation is 1. The van der Waals surface area contributed by atoms with Crippen LogP contribution in [0.25, 0.3) is 16.6 Å². The van der Waals surface area contributed by atoms with Crippen molar-refractivity contribution in [3.63, 3.8) is 0 Å². The van der Waals surface area contributed by atoms with Gasteiger partial charge in [-0.15, -0.1) is 0 Å². The van der Waals surface area contributed by atoms with Gasteiger partial charge >= 0.3 is 0 Å². The Morgan fingerprint density at radius 3 is 2.63 bits per heavy atom. The van der Waals surface area contributed by atoms with Gasteiger partial charge in [0.1, 0.15) is 11.6 Å². The van der Waals surface area contributed by atoms with Crippen molar-refractivity contribution in [1.29, 1.82) is 0 Å². The molecule has 156 valence electrons. The second-order valence-corrected chi connectivity index (χ2v) is 10.6.